The van der Waals surface area contributed by atoms with Crippen LogP contribution in [-0.4, -0.2) is 26.3 Å². The minimum absolute atomic E-state index is 0.159. The lowest BCUT2D eigenvalue weighted by Crippen LogP contribution is -2.14. The van der Waals surface area contributed by atoms with Crippen LogP contribution in [0.3, 0.4) is 0 Å². The van der Waals surface area contributed by atoms with Gasteiger partial charge in [-0.25, -0.2) is 0 Å². The molecule has 0 saturated heterocycles. The summed E-state index contributed by atoms with van der Waals surface area (Å²) < 4.78 is 5.21. The normalized spacial score (nSPS) is 14.4. The van der Waals surface area contributed by atoms with Crippen molar-refractivity contribution in [3.8, 4) is 11.4 Å². The van der Waals surface area contributed by atoms with Gasteiger partial charge in [-0.05, 0) is 25.0 Å². The van der Waals surface area contributed by atoms with Crippen LogP contribution in [-0.2, 0) is 0 Å². The van der Waals surface area contributed by atoms with Crippen molar-refractivity contribution < 1.29 is 9.63 Å². The van der Waals surface area contributed by atoms with Crippen LogP contribution in [0.2, 0.25) is 0 Å². The number of rotatable bonds is 4. The second kappa shape index (κ2) is 5.27. The summed E-state index contributed by atoms with van der Waals surface area (Å²) in [7, 11) is 0. The van der Waals surface area contributed by atoms with Crippen LogP contribution in [0.5, 0.6) is 0 Å². The number of nitrogens with zero attached hydrogens (tertiary/aromatic N) is 3. The van der Waals surface area contributed by atoms with Gasteiger partial charge in [-0.1, -0.05) is 19.0 Å². The first-order chi connectivity index (χ1) is 8.63. The molecule has 0 saturated carbocycles. The summed E-state index contributed by atoms with van der Waals surface area (Å²) in [5.74, 6) is 0.821. The van der Waals surface area contributed by atoms with Gasteiger partial charge in [0.15, 0.2) is 0 Å². The number of aryl methyl sites for hydroxylation is 1. The van der Waals surface area contributed by atoms with Crippen molar-refractivity contribution in [1.29, 1.82) is 0 Å². The Hall–Kier alpha value is -1.75. The van der Waals surface area contributed by atoms with E-state index < -0.39 is 6.10 Å². The number of pyridine rings is 1. The quantitative estimate of drug-likeness (QED) is 0.897. The molecule has 0 fully saturated rings. The topological polar surface area (TPSA) is 72.0 Å². The molecule has 0 amide bonds. The SMILES string of the molecule is CCC(O)C(C)c1nc(-c2cnccc2C)no1. The van der Waals surface area contributed by atoms with Gasteiger partial charge in [0.05, 0.1) is 12.0 Å². The van der Waals surface area contributed by atoms with Gasteiger partial charge in [0.25, 0.3) is 0 Å². The fraction of sp³-hybridized carbons (Fsp3) is 0.462. The van der Waals surface area contributed by atoms with Crippen molar-refractivity contribution in [3.05, 3.63) is 29.9 Å². The Bertz CT molecular complexity index is 524. The monoisotopic (exact) mass is 247 g/mol. The average molecular weight is 247 g/mol. The molecule has 2 atom stereocenters. The summed E-state index contributed by atoms with van der Waals surface area (Å²) in [4.78, 5) is 8.39. The molecule has 0 aliphatic carbocycles. The van der Waals surface area contributed by atoms with Gasteiger partial charge < -0.3 is 9.63 Å². The van der Waals surface area contributed by atoms with Gasteiger partial charge in [-0.2, -0.15) is 4.98 Å². The van der Waals surface area contributed by atoms with Gasteiger partial charge in [0.2, 0.25) is 11.7 Å². The molecule has 2 aromatic rings. The summed E-state index contributed by atoms with van der Waals surface area (Å²) in [6.45, 7) is 5.77. The largest absolute Gasteiger partial charge is 0.392 e. The zero-order valence-corrected chi connectivity index (χ0v) is 10.8. The van der Waals surface area contributed by atoms with E-state index in [1.54, 1.807) is 12.4 Å². The Balaban J connectivity index is 2.29. The zero-order valence-electron chi connectivity index (χ0n) is 10.8. The first kappa shape index (κ1) is 12.7. The second-order valence-corrected chi connectivity index (χ2v) is 4.41. The molecule has 5 nitrogen and oxygen atoms in total. The van der Waals surface area contributed by atoms with E-state index in [-0.39, 0.29) is 5.92 Å². The average Bonchev–Trinajstić information content (AvgIpc) is 2.87. The first-order valence-corrected chi connectivity index (χ1v) is 6.06. The minimum atomic E-state index is -0.465. The number of hydrogen-bond acceptors (Lipinski definition) is 5. The molecule has 5 heteroatoms. The van der Waals surface area contributed by atoms with Gasteiger partial charge in [-0.3, -0.25) is 4.98 Å². The molecule has 2 heterocycles. The van der Waals surface area contributed by atoms with Crippen molar-refractivity contribution in [3.63, 3.8) is 0 Å². The highest BCUT2D eigenvalue weighted by Crippen LogP contribution is 2.24. The van der Waals surface area contributed by atoms with Gasteiger partial charge in [0.1, 0.15) is 0 Å². The summed E-state index contributed by atoms with van der Waals surface area (Å²) in [5.41, 5.74) is 1.90. The van der Waals surface area contributed by atoms with Crippen molar-refractivity contribution >= 4 is 0 Å². The van der Waals surface area contributed by atoms with Crippen LogP contribution in [0.15, 0.2) is 23.0 Å². The summed E-state index contributed by atoms with van der Waals surface area (Å²) in [5, 5.41) is 13.7. The number of aromatic nitrogens is 3. The van der Waals surface area contributed by atoms with Gasteiger partial charge in [-0.15, -0.1) is 0 Å². The lowest BCUT2D eigenvalue weighted by molar-refractivity contribution is 0.129. The highest BCUT2D eigenvalue weighted by Gasteiger charge is 2.21. The number of hydrogen-bond donors (Lipinski definition) is 1. The molecule has 2 unspecified atom stereocenters. The number of aliphatic hydroxyl groups excluding tert-OH is 1. The Morgan fingerprint density at radius 1 is 1.44 bits per heavy atom. The molecule has 2 rings (SSSR count). The van der Waals surface area contributed by atoms with E-state index in [9.17, 15) is 5.11 Å². The molecule has 0 spiro atoms. The van der Waals surface area contributed by atoms with Crippen LogP contribution in [0.25, 0.3) is 11.4 Å². The van der Waals surface area contributed by atoms with Crippen LogP contribution >= 0.6 is 0 Å². The molecule has 0 aliphatic rings. The van der Waals surface area contributed by atoms with E-state index in [4.69, 9.17) is 4.52 Å². The van der Waals surface area contributed by atoms with Crippen molar-refractivity contribution in [2.45, 2.75) is 39.2 Å². The molecular formula is C13H17N3O2. The van der Waals surface area contributed by atoms with Crippen LogP contribution in [0, 0.1) is 6.92 Å². The summed E-state index contributed by atoms with van der Waals surface area (Å²) in [6, 6.07) is 1.90. The molecule has 1 N–H and O–H groups in total. The Morgan fingerprint density at radius 2 is 2.22 bits per heavy atom. The van der Waals surface area contributed by atoms with E-state index in [1.165, 1.54) is 0 Å². The molecule has 0 radical (unpaired) electrons. The maximum Gasteiger partial charge on any atom is 0.232 e. The highest BCUT2D eigenvalue weighted by atomic mass is 16.5. The second-order valence-electron chi connectivity index (χ2n) is 4.41. The minimum Gasteiger partial charge on any atom is -0.392 e. The summed E-state index contributed by atoms with van der Waals surface area (Å²) in [6.07, 6.45) is 3.63. The van der Waals surface area contributed by atoms with Crippen molar-refractivity contribution in [1.82, 2.24) is 15.1 Å². The van der Waals surface area contributed by atoms with E-state index in [0.717, 1.165) is 11.1 Å². The standard InChI is InChI=1S/C13H17N3O2/c1-4-11(17)9(3)13-15-12(16-18-13)10-7-14-6-5-8(10)2/h5-7,9,11,17H,4H2,1-3H3. The predicted molar refractivity (Wildman–Crippen MR) is 67.0 cm³/mol. The molecule has 0 bridgehead atoms. The molecule has 0 aromatic carbocycles. The molecule has 18 heavy (non-hydrogen) atoms. The van der Waals surface area contributed by atoms with Crippen LogP contribution < -0.4 is 0 Å². The first-order valence-electron chi connectivity index (χ1n) is 6.06. The van der Waals surface area contributed by atoms with Crippen LogP contribution in [0.1, 0.15) is 37.6 Å². The maximum absolute atomic E-state index is 9.77. The van der Waals surface area contributed by atoms with E-state index in [1.807, 2.05) is 26.8 Å². The van der Waals surface area contributed by atoms with Gasteiger partial charge in [0, 0.05) is 18.0 Å². The third-order valence-electron chi connectivity index (χ3n) is 3.11. The number of aliphatic hydroxyl groups is 1. The van der Waals surface area contributed by atoms with Crippen LogP contribution in [0.4, 0.5) is 0 Å². The van der Waals surface area contributed by atoms with Crippen molar-refractivity contribution in [2.75, 3.05) is 0 Å². The lowest BCUT2D eigenvalue weighted by Gasteiger charge is -2.11. The van der Waals surface area contributed by atoms with E-state index in [2.05, 4.69) is 15.1 Å². The lowest BCUT2D eigenvalue weighted by atomic mass is 10.0. The molecule has 2 aromatic heterocycles. The summed E-state index contributed by atoms with van der Waals surface area (Å²) >= 11 is 0. The third kappa shape index (κ3) is 2.41. The Morgan fingerprint density at radius 3 is 2.89 bits per heavy atom. The zero-order chi connectivity index (χ0) is 13.1. The fourth-order valence-electron chi connectivity index (χ4n) is 1.75. The van der Waals surface area contributed by atoms with Gasteiger partial charge >= 0.3 is 0 Å². The highest BCUT2D eigenvalue weighted by molar-refractivity contribution is 5.57. The smallest absolute Gasteiger partial charge is 0.232 e. The third-order valence-corrected chi connectivity index (χ3v) is 3.11. The Labute approximate surface area is 106 Å². The van der Waals surface area contributed by atoms with E-state index in [0.29, 0.717) is 18.1 Å². The van der Waals surface area contributed by atoms with Crippen molar-refractivity contribution in [2.24, 2.45) is 0 Å². The predicted octanol–water partition coefficient (Wildman–Crippen LogP) is 2.31. The van der Waals surface area contributed by atoms with E-state index >= 15 is 0 Å². The molecule has 0 aliphatic heterocycles. The maximum atomic E-state index is 9.77. The fourth-order valence-corrected chi connectivity index (χ4v) is 1.75. The molecule has 96 valence electrons. The molecular weight excluding hydrogens is 230 g/mol. The Kier molecular flexibility index (Phi) is 3.72.